The molecular formula is C23H21ClF3NO4. The minimum absolute atomic E-state index is 0.0000521. The fourth-order valence-corrected chi connectivity index (χ4v) is 4.43. The van der Waals surface area contributed by atoms with E-state index >= 15 is 0 Å². The van der Waals surface area contributed by atoms with Gasteiger partial charge >= 0.3 is 6.18 Å². The highest BCUT2D eigenvalue weighted by Gasteiger charge is 2.40. The molecular weight excluding hydrogens is 447 g/mol. The number of halogens is 4. The fourth-order valence-electron chi connectivity index (χ4n) is 4.20. The second kappa shape index (κ2) is 8.42. The summed E-state index contributed by atoms with van der Waals surface area (Å²) in [6, 6.07) is 8.37. The van der Waals surface area contributed by atoms with Gasteiger partial charge in [0.15, 0.2) is 0 Å². The Bertz CT molecular complexity index is 1210. The topological polar surface area (TPSA) is 62.9 Å². The van der Waals surface area contributed by atoms with Crippen LogP contribution in [0.2, 0.25) is 5.02 Å². The van der Waals surface area contributed by atoms with Crippen molar-refractivity contribution < 1.29 is 27.4 Å². The highest BCUT2D eigenvalue weighted by atomic mass is 35.5. The lowest BCUT2D eigenvalue weighted by Crippen LogP contribution is -2.44. The van der Waals surface area contributed by atoms with E-state index in [-0.39, 0.29) is 51.6 Å². The van der Waals surface area contributed by atoms with Crippen LogP contribution >= 0.6 is 11.6 Å². The van der Waals surface area contributed by atoms with E-state index in [1.165, 1.54) is 30.3 Å². The Morgan fingerprint density at radius 3 is 2.41 bits per heavy atom. The van der Waals surface area contributed by atoms with Crippen molar-refractivity contribution in [2.45, 2.75) is 38.8 Å². The van der Waals surface area contributed by atoms with Crippen molar-refractivity contribution >= 4 is 22.6 Å². The molecule has 0 unspecified atom stereocenters. The van der Waals surface area contributed by atoms with E-state index in [2.05, 4.69) is 0 Å². The molecule has 1 fully saturated rings. The molecule has 1 aliphatic rings. The van der Waals surface area contributed by atoms with Crippen LogP contribution in [-0.2, 0) is 17.5 Å². The lowest BCUT2D eigenvalue weighted by molar-refractivity contribution is -0.152. The summed E-state index contributed by atoms with van der Waals surface area (Å²) in [7, 11) is 0. The van der Waals surface area contributed by atoms with E-state index in [0.29, 0.717) is 13.1 Å². The van der Waals surface area contributed by atoms with Gasteiger partial charge in [-0.3, -0.25) is 9.69 Å². The van der Waals surface area contributed by atoms with Crippen LogP contribution < -0.4 is 5.43 Å². The molecule has 32 heavy (non-hydrogen) atoms. The van der Waals surface area contributed by atoms with E-state index in [9.17, 15) is 23.1 Å². The second-order valence-electron chi connectivity index (χ2n) is 8.00. The molecule has 0 spiro atoms. The van der Waals surface area contributed by atoms with Crippen LogP contribution in [0.1, 0.15) is 25.2 Å². The average molecular weight is 468 g/mol. The molecule has 5 nitrogen and oxygen atoms in total. The number of ether oxygens (including phenoxy) is 1. The normalized spacial score (nSPS) is 20.1. The Morgan fingerprint density at radius 1 is 1.12 bits per heavy atom. The van der Waals surface area contributed by atoms with Crippen LogP contribution in [0.5, 0.6) is 5.75 Å². The first-order valence-electron chi connectivity index (χ1n) is 10.1. The molecule has 0 amide bonds. The van der Waals surface area contributed by atoms with Gasteiger partial charge in [-0.05, 0) is 32.0 Å². The van der Waals surface area contributed by atoms with E-state index in [4.69, 9.17) is 20.8 Å². The summed E-state index contributed by atoms with van der Waals surface area (Å²) in [6.07, 6.45) is -5.12. The van der Waals surface area contributed by atoms with Gasteiger partial charge in [0.25, 0.3) is 0 Å². The molecule has 0 saturated carbocycles. The first-order chi connectivity index (χ1) is 15.1. The molecule has 0 aliphatic carbocycles. The number of aromatic hydroxyl groups is 1. The second-order valence-corrected chi connectivity index (χ2v) is 8.41. The highest BCUT2D eigenvalue weighted by molar-refractivity contribution is 6.33. The zero-order valence-electron chi connectivity index (χ0n) is 17.4. The predicted molar refractivity (Wildman–Crippen MR) is 115 cm³/mol. The summed E-state index contributed by atoms with van der Waals surface area (Å²) >= 11 is 6.11. The maximum absolute atomic E-state index is 14.0. The maximum Gasteiger partial charge on any atom is 0.450 e. The number of hydrogen-bond acceptors (Lipinski definition) is 5. The molecule has 9 heteroatoms. The monoisotopic (exact) mass is 467 g/mol. The number of alkyl halides is 3. The molecule has 0 bridgehead atoms. The first kappa shape index (κ1) is 22.6. The van der Waals surface area contributed by atoms with Crippen molar-refractivity contribution in [2.24, 2.45) is 0 Å². The molecule has 170 valence electrons. The van der Waals surface area contributed by atoms with Crippen LogP contribution in [-0.4, -0.2) is 35.3 Å². The standard InChI is InChI=1S/C23H21ClF3NO4/c1-12-9-28(10-13(2)31-12)11-16-18(29)8-7-15-20(30)19(14-5-3-4-6-17(14)24)22(23(25,26)27)32-21(15)16/h3-8,12-13,29H,9-11H2,1-2H3/t12-,13-/m1/s1. The maximum atomic E-state index is 14.0. The Labute approximate surface area is 187 Å². The summed E-state index contributed by atoms with van der Waals surface area (Å²) in [6.45, 7) is 4.93. The first-order valence-corrected chi connectivity index (χ1v) is 10.5. The summed E-state index contributed by atoms with van der Waals surface area (Å²) in [5.41, 5.74) is -1.75. The quantitative estimate of drug-likeness (QED) is 0.555. The van der Waals surface area contributed by atoms with Gasteiger partial charge in [0, 0.05) is 30.2 Å². The molecule has 1 saturated heterocycles. The molecule has 2 heterocycles. The smallest absolute Gasteiger partial charge is 0.450 e. The van der Waals surface area contributed by atoms with Gasteiger partial charge in [-0.1, -0.05) is 29.8 Å². The number of fused-ring (bicyclic) bond motifs is 1. The largest absolute Gasteiger partial charge is 0.507 e. The van der Waals surface area contributed by atoms with Gasteiger partial charge in [0.05, 0.1) is 28.7 Å². The summed E-state index contributed by atoms with van der Waals surface area (Å²) < 4.78 is 53.1. The predicted octanol–water partition coefficient (Wildman–Crippen LogP) is 5.45. The molecule has 4 rings (SSSR count). The number of nitrogens with zero attached hydrogens (tertiary/aromatic N) is 1. The number of benzene rings is 2. The van der Waals surface area contributed by atoms with Gasteiger partial charge < -0.3 is 14.3 Å². The van der Waals surface area contributed by atoms with Gasteiger partial charge in [-0.15, -0.1) is 0 Å². The Balaban J connectivity index is 1.95. The number of hydrogen-bond donors (Lipinski definition) is 1. The Hall–Kier alpha value is -2.55. The molecule has 1 aliphatic heterocycles. The van der Waals surface area contributed by atoms with E-state index in [1.807, 2.05) is 18.7 Å². The Kier molecular flexibility index (Phi) is 5.96. The lowest BCUT2D eigenvalue weighted by atomic mass is 10.00. The summed E-state index contributed by atoms with van der Waals surface area (Å²) in [5, 5.41) is 10.4. The van der Waals surface area contributed by atoms with Crippen LogP contribution in [0, 0.1) is 0 Å². The molecule has 2 atom stereocenters. The van der Waals surface area contributed by atoms with Crippen LogP contribution in [0.3, 0.4) is 0 Å². The van der Waals surface area contributed by atoms with Crippen molar-refractivity contribution in [3.05, 3.63) is 63.0 Å². The number of phenols is 1. The SMILES string of the molecule is C[C@@H]1CN(Cc2c(O)ccc3c(=O)c(-c4ccccc4Cl)c(C(F)(F)F)oc23)C[C@@H](C)O1. The van der Waals surface area contributed by atoms with Gasteiger partial charge in [-0.25, -0.2) is 0 Å². The molecule has 1 N–H and O–H groups in total. The minimum atomic E-state index is -4.95. The van der Waals surface area contributed by atoms with Crippen molar-refractivity contribution in [2.75, 3.05) is 13.1 Å². The van der Waals surface area contributed by atoms with Gasteiger partial charge in [-0.2, -0.15) is 13.2 Å². The third-order valence-corrected chi connectivity index (χ3v) is 5.75. The Morgan fingerprint density at radius 2 is 1.78 bits per heavy atom. The fraction of sp³-hybridized carbons (Fsp3) is 0.348. The van der Waals surface area contributed by atoms with Crippen molar-refractivity contribution in [3.63, 3.8) is 0 Å². The van der Waals surface area contributed by atoms with E-state index in [0.717, 1.165) is 0 Å². The third kappa shape index (κ3) is 4.22. The van der Waals surface area contributed by atoms with Crippen molar-refractivity contribution in [1.29, 1.82) is 0 Å². The highest BCUT2D eigenvalue weighted by Crippen LogP contribution is 2.41. The molecule has 0 radical (unpaired) electrons. The van der Waals surface area contributed by atoms with Gasteiger partial charge in [0.1, 0.15) is 11.3 Å². The van der Waals surface area contributed by atoms with E-state index in [1.54, 1.807) is 6.07 Å². The zero-order valence-corrected chi connectivity index (χ0v) is 18.1. The lowest BCUT2D eigenvalue weighted by Gasteiger charge is -2.35. The van der Waals surface area contributed by atoms with Crippen molar-refractivity contribution in [3.8, 4) is 16.9 Å². The number of phenolic OH excluding ortho intramolecular Hbond substituents is 1. The van der Waals surface area contributed by atoms with Crippen LogP contribution in [0.4, 0.5) is 13.2 Å². The van der Waals surface area contributed by atoms with E-state index < -0.39 is 22.9 Å². The summed E-state index contributed by atoms with van der Waals surface area (Å²) in [4.78, 5) is 15.2. The summed E-state index contributed by atoms with van der Waals surface area (Å²) in [5.74, 6) is -1.69. The van der Waals surface area contributed by atoms with Crippen LogP contribution in [0.25, 0.3) is 22.1 Å². The van der Waals surface area contributed by atoms with Crippen LogP contribution in [0.15, 0.2) is 45.6 Å². The molecule has 3 aromatic rings. The number of morpholine rings is 1. The molecule has 1 aromatic heterocycles. The van der Waals surface area contributed by atoms with Crippen molar-refractivity contribution in [1.82, 2.24) is 4.90 Å². The average Bonchev–Trinajstić information content (AvgIpc) is 2.69. The molecule has 2 aromatic carbocycles. The number of rotatable bonds is 3. The minimum Gasteiger partial charge on any atom is -0.507 e. The van der Waals surface area contributed by atoms with Gasteiger partial charge in [0.2, 0.25) is 11.2 Å². The zero-order chi connectivity index (χ0) is 23.2. The third-order valence-electron chi connectivity index (χ3n) is 5.42.